The highest BCUT2D eigenvalue weighted by Gasteiger charge is 2.25. The Kier molecular flexibility index (Phi) is 7.34. The van der Waals surface area contributed by atoms with E-state index < -0.39 is 22.5 Å². The van der Waals surface area contributed by atoms with Crippen LogP contribution in [-0.4, -0.2) is 46.4 Å². The lowest BCUT2D eigenvalue weighted by Gasteiger charge is -2.18. The van der Waals surface area contributed by atoms with Gasteiger partial charge in [-0.3, -0.25) is 4.79 Å². The van der Waals surface area contributed by atoms with Crippen molar-refractivity contribution in [2.45, 2.75) is 4.90 Å². The highest BCUT2D eigenvalue weighted by atomic mass is 32.2. The molecule has 0 aliphatic heterocycles. The SMILES string of the molecule is COc1ccc(S(=O)(=O)N(C)CC(=O)Nc2ccccc2Oc2ccccc2)cc1OC. The molecule has 0 spiro atoms. The van der Waals surface area contributed by atoms with Crippen LogP contribution in [0.3, 0.4) is 0 Å². The van der Waals surface area contributed by atoms with Gasteiger partial charge < -0.3 is 19.5 Å². The summed E-state index contributed by atoms with van der Waals surface area (Å²) in [5.41, 5.74) is 0.429. The van der Waals surface area contributed by atoms with E-state index in [9.17, 15) is 13.2 Å². The van der Waals surface area contributed by atoms with E-state index in [1.807, 2.05) is 18.2 Å². The van der Waals surface area contributed by atoms with Crippen LogP contribution < -0.4 is 19.5 Å². The number of para-hydroxylation sites is 3. The van der Waals surface area contributed by atoms with Crippen molar-refractivity contribution in [3.8, 4) is 23.0 Å². The van der Waals surface area contributed by atoms with E-state index >= 15 is 0 Å². The Bertz CT molecular complexity index is 1180. The first-order valence-corrected chi connectivity index (χ1v) is 11.1. The van der Waals surface area contributed by atoms with E-state index in [0.717, 1.165) is 4.31 Å². The maximum Gasteiger partial charge on any atom is 0.243 e. The second-order valence-electron chi connectivity index (χ2n) is 6.74. The molecular weight excluding hydrogens is 432 g/mol. The van der Waals surface area contributed by atoms with Gasteiger partial charge in [0.05, 0.1) is 31.3 Å². The Labute approximate surface area is 187 Å². The molecule has 3 aromatic carbocycles. The van der Waals surface area contributed by atoms with Crippen LogP contribution in [0.1, 0.15) is 0 Å². The molecule has 0 aromatic heterocycles. The van der Waals surface area contributed by atoms with Gasteiger partial charge in [-0.25, -0.2) is 8.42 Å². The lowest BCUT2D eigenvalue weighted by Crippen LogP contribution is -2.35. The molecule has 3 rings (SSSR count). The molecule has 0 aliphatic carbocycles. The van der Waals surface area contributed by atoms with E-state index in [4.69, 9.17) is 14.2 Å². The number of anilines is 1. The third kappa shape index (κ3) is 5.37. The predicted octanol–water partition coefficient (Wildman–Crippen LogP) is 3.76. The van der Waals surface area contributed by atoms with Gasteiger partial charge in [0.1, 0.15) is 5.75 Å². The number of likely N-dealkylation sites (N-methyl/N-ethyl adjacent to an activating group) is 1. The van der Waals surface area contributed by atoms with E-state index in [1.165, 1.54) is 39.5 Å². The number of carbonyl (C=O) groups excluding carboxylic acids is 1. The Balaban J connectivity index is 1.73. The van der Waals surface area contributed by atoms with E-state index in [0.29, 0.717) is 22.9 Å². The maximum atomic E-state index is 12.9. The molecule has 0 aliphatic rings. The average molecular weight is 457 g/mol. The molecular formula is C23H24N2O6S. The standard InChI is InChI=1S/C23H24N2O6S/c1-25(32(27,28)18-13-14-21(29-2)22(15-18)30-3)16-23(26)24-19-11-7-8-12-20(19)31-17-9-5-4-6-10-17/h4-15H,16H2,1-3H3,(H,24,26). The summed E-state index contributed by atoms with van der Waals surface area (Å²) in [4.78, 5) is 12.6. The number of benzene rings is 3. The Morgan fingerprint density at radius 3 is 2.22 bits per heavy atom. The Morgan fingerprint density at radius 2 is 1.53 bits per heavy atom. The fraction of sp³-hybridized carbons (Fsp3) is 0.174. The van der Waals surface area contributed by atoms with Gasteiger partial charge in [0, 0.05) is 13.1 Å². The third-order valence-electron chi connectivity index (χ3n) is 4.56. The minimum absolute atomic E-state index is 0.0155. The molecule has 0 bridgehead atoms. The number of methoxy groups -OCH3 is 2. The van der Waals surface area contributed by atoms with Crippen LogP contribution >= 0.6 is 0 Å². The molecule has 0 saturated heterocycles. The Hall–Kier alpha value is -3.56. The van der Waals surface area contributed by atoms with Gasteiger partial charge in [-0.05, 0) is 36.4 Å². The molecule has 0 radical (unpaired) electrons. The summed E-state index contributed by atoms with van der Waals surface area (Å²) in [6, 6.07) is 20.3. The molecule has 8 nitrogen and oxygen atoms in total. The first-order valence-electron chi connectivity index (χ1n) is 9.65. The molecule has 168 valence electrons. The van der Waals surface area contributed by atoms with Crippen LogP contribution in [0.2, 0.25) is 0 Å². The van der Waals surface area contributed by atoms with E-state index in [-0.39, 0.29) is 10.6 Å². The van der Waals surface area contributed by atoms with Crippen molar-refractivity contribution in [2.24, 2.45) is 0 Å². The summed E-state index contributed by atoms with van der Waals surface area (Å²) in [6.45, 7) is -0.393. The van der Waals surface area contributed by atoms with Crippen LogP contribution in [0, 0.1) is 0 Å². The monoisotopic (exact) mass is 456 g/mol. The summed E-state index contributed by atoms with van der Waals surface area (Å²) in [5, 5.41) is 2.71. The van der Waals surface area contributed by atoms with Crippen molar-refractivity contribution in [1.82, 2.24) is 4.31 Å². The minimum Gasteiger partial charge on any atom is -0.493 e. The van der Waals surface area contributed by atoms with Crippen LogP contribution in [0.15, 0.2) is 77.7 Å². The smallest absolute Gasteiger partial charge is 0.243 e. The number of ether oxygens (including phenoxy) is 3. The second kappa shape index (κ2) is 10.2. The molecule has 9 heteroatoms. The van der Waals surface area contributed by atoms with Crippen LogP contribution in [0.4, 0.5) is 5.69 Å². The number of sulfonamides is 1. The number of nitrogens with one attached hydrogen (secondary N) is 1. The Morgan fingerprint density at radius 1 is 0.875 bits per heavy atom. The highest BCUT2D eigenvalue weighted by Crippen LogP contribution is 2.31. The molecule has 0 saturated carbocycles. The van der Waals surface area contributed by atoms with Gasteiger partial charge in [-0.15, -0.1) is 0 Å². The van der Waals surface area contributed by atoms with Gasteiger partial charge in [0.15, 0.2) is 17.2 Å². The zero-order valence-electron chi connectivity index (χ0n) is 17.9. The summed E-state index contributed by atoms with van der Waals surface area (Å²) in [6.07, 6.45) is 0. The van der Waals surface area contributed by atoms with Crippen molar-refractivity contribution in [2.75, 3.05) is 33.1 Å². The summed E-state index contributed by atoms with van der Waals surface area (Å²) in [7, 11) is 0.272. The molecule has 1 N–H and O–H groups in total. The number of hydrogen-bond acceptors (Lipinski definition) is 6. The van der Waals surface area contributed by atoms with Gasteiger partial charge in [0.25, 0.3) is 0 Å². The normalized spacial score (nSPS) is 11.1. The van der Waals surface area contributed by atoms with Gasteiger partial charge in [-0.2, -0.15) is 4.31 Å². The molecule has 32 heavy (non-hydrogen) atoms. The van der Waals surface area contributed by atoms with E-state index in [1.54, 1.807) is 36.4 Å². The molecule has 0 unspecified atom stereocenters. The van der Waals surface area contributed by atoms with Gasteiger partial charge >= 0.3 is 0 Å². The lowest BCUT2D eigenvalue weighted by atomic mass is 10.3. The number of hydrogen-bond donors (Lipinski definition) is 1. The zero-order chi connectivity index (χ0) is 23.1. The summed E-state index contributed by atoms with van der Waals surface area (Å²) < 4.78 is 42.9. The first kappa shape index (κ1) is 23.1. The average Bonchev–Trinajstić information content (AvgIpc) is 2.80. The van der Waals surface area contributed by atoms with E-state index in [2.05, 4.69) is 5.32 Å². The van der Waals surface area contributed by atoms with Crippen LogP contribution in [0.5, 0.6) is 23.0 Å². The third-order valence-corrected chi connectivity index (χ3v) is 6.36. The topological polar surface area (TPSA) is 94.2 Å². The molecule has 0 fully saturated rings. The molecule has 3 aromatic rings. The quantitative estimate of drug-likeness (QED) is 0.527. The zero-order valence-corrected chi connectivity index (χ0v) is 18.8. The molecule has 1 amide bonds. The first-order chi connectivity index (χ1) is 15.3. The van der Waals surface area contributed by atoms with Crippen LogP contribution in [0.25, 0.3) is 0 Å². The lowest BCUT2D eigenvalue weighted by molar-refractivity contribution is -0.116. The predicted molar refractivity (Wildman–Crippen MR) is 121 cm³/mol. The number of rotatable bonds is 9. The van der Waals surface area contributed by atoms with Gasteiger partial charge in [0.2, 0.25) is 15.9 Å². The van der Waals surface area contributed by atoms with Crippen molar-refractivity contribution >= 4 is 21.6 Å². The maximum absolute atomic E-state index is 12.9. The number of nitrogens with zero attached hydrogens (tertiary/aromatic N) is 1. The highest BCUT2D eigenvalue weighted by molar-refractivity contribution is 7.89. The largest absolute Gasteiger partial charge is 0.493 e. The molecule has 0 atom stereocenters. The van der Waals surface area contributed by atoms with Crippen LogP contribution in [-0.2, 0) is 14.8 Å². The number of amides is 1. The second-order valence-corrected chi connectivity index (χ2v) is 8.78. The molecule has 0 heterocycles. The van der Waals surface area contributed by atoms with Crippen molar-refractivity contribution < 1.29 is 27.4 Å². The van der Waals surface area contributed by atoms with Gasteiger partial charge in [-0.1, -0.05) is 30.3 Å². The van der Waals surface area contributed by atoms with Crippen molar-refractivity contribution in [3.05, 3.63) is 72.8 Å². The van der Waals surface area contributed by atoms with Crippen molar-refractivity contribution in [3.63, 3.8) is 0 Å². The fourth-order valence-electron chi connectivity index (χ4n) is 2.91. The number of carbonyl (C=O) groups is 1. The fourth-order valence-corrected chi connectivity index (χ4v) is 4.05. The minimum atomic E-state index is -3.94. The van der Waals surface area contributed by atoms with Crippen molar-refractivity contribution in [1.29, 1.82) is 0 Å². The summed E-state index contributed by atoms with van der Waals surface area (Å²) >= 11 is 0. The summed E-state index contributed by atoms with van der Waals surface area (Å²) in [5.74, 6) is 1.22.